The molecule has 0 bridgehead atoms. The van der Waals surface area contributed by atoms with E-state index >= 15 is 0 Å². The van der Waals surface area contributed by atoms with Gasteiger partial charge in [0.15, 0.2) is 5.78 Å². The number of halogens is 1. The molecule has 0 atom stereocenters. The van der Waals surface area contributed by atoms with Crippen LogP contribution in [0.5, 0.6) is 0 Å². The summed E-state index contributed by atoms with van der Waals surface area (Å²) < 4.78 is 0.941. The lowest BCUT2D eigenvalue weighted by Gasteiger charge is -2.06. The van der Waals surface area contributed by atoms with E-state index in [0.717, 1.165) is 20.8 Å². The van der Waals surface area contributed by atoms with Crippen molar-refractivity contribution in [1.29, 1.82) is 0 Å². The molecule has 1 aromatic heterocycles. The minimum atomic E-state index is -0.00463. The number of nitrogens with zero attached hydrogens (tertiary/aromatic N) is 1. The van der Waals surface area contributed by atoms with Crippen molar-refractivity contribution < 1.29 is 4.79 Å². The smallest absolute Gasteiger partial charge is 0.195 e. The average Bonchev–Trinajstić information content (AvgIpc) is 2.49. The number of benzene rings is 2. The number of hydrogen-bond acceptors (Lipinski definition) is 2. The Kier molecular flexibility index (Phi) is 3.36. The van der Waals surface area contributed by atoms with Gasteiger partial charge in [0.2, 0.25) is 0 Å². The molecular weight excluding hydrogens is 314 g/mol. The Morgan fingerprint density at radius 2 is 1.90 bits per heavy atom. The second-order valence-electron chi connectivity index (χ2n) is 4.70. The fourth-order valence-electron chi connectivity index (χ4n) is 2.19. The monoisotopic (exact) mass is 325 g/mol. The number of hydrogen-bond donors (Lipinski definition) is 0. The van der Waals surface area contributed by atoms with Crippen molar-refractivity contribution >= 4 is 32.5 Å². The van der Waals surface area contributed by atoms with Gasteiger partial charge in [-0.25, -0.2) is 0 Å². The zero-order valence-electron chi connectivity index (χ0n) is 10.9. The van der Waals surface area contributed by atoms with Crippen molar-refractivity contribution in [3.63, 3.8) is 0 Å². The number of carbonyl (C=O) groups excluding carboxylic acids is 1. The third-order valence-electron chi connectivity index (χ3n) is 3.35. The average molecular weight is 326 g/mol. The van der Waals surface area contributed by atoms with Crippen LogP contribution < -0.4 is 0 Å². The van der Waals surface area contributed by atoms with Crippen LogP contribution in [-0.2, 0) is 0 Å². The molecule has 0 N–H and O–H groups in total. The summed E-state index contributed by atoms with van der Waals surface area (Å²) in [6.07, 6.45) is 3.41. The summed E-state index contributed by atoms with van der Waals surface area (Å²) in [6.45, 7) is 2.00. The second-order valence-corrected chi connectivity index (χ2v) is 5.56. The van der Waals surface area contributed by atoms with Gasteiger partial charge < -0.3 is 0 Å². The molecule has 3 rings (SSSR count). The second kappa shape index (κ2) is 5.17. The lowest BCUT2D eigenvalue weighted by molar-refractivity contribution is 0.104. The summed E-state index contributed by atoms with van der Waals surface area (Å²) in [5.74, 6) is -0.00463. The molecule has 0 spiro atoms. The molecule has 0 aliphatic rings. The van der Waals surface area contributed by atoms with Gasteiger partial charge in [-0.1, -0.05) is 52.3 Å². The quantitative estimate of drug-likeness (QED) is 0.647. The van der Waals surface area contributed by atoms with Crippen molar-refractivity contribution in [1.82, 2.24) is 4.98 Å². The first kappa shape index (κ1) is 13.0. The first-order valence-corrected chi connectivity index (χ1v) is 7.10. The van der Waals surface area contributed by atoms with Gasteiger partial charge in [0, 0.05) is 33.4 Å². The van der Waals surface area contributed by atoms with Crippen LogP contribution in [0.4, 0.5) is 0 Å². The minimum Gasteiger partial charge on any atom is -0.289 e. The molecule has 0 saturated carbocycles. The zero-order valence-corrected chi connectivity index (χ0v) is 12.5. The van der Waals surface area contributed by atoms with E-state index in [4.69, 9.17) is 0 Å². The Balaban J connectivity index is 2.15. The van der Waals surface area contributed by atoms with Gasteiger partial charge in [-0.3, -0.25) is 9.78 Å². The number of rotatable bonds is 2. The van der Waals surface area contributed by atoms with Crippen molar-refractivity contribution in [2.75, 3.05) is 0 Å². The van der Waals surface area contributed by atoms with Crippen LogP contribution in [0.3, 0.4) is 0 Å². The van der Waals surface area contributed by atoms with Gasteiger partial charge in [0.1, 0.15) is 0 Å². The molecule has 0 aliphatic carbocycles. The standard InChI is InChI=1S/C17H12BrNO/c1-11-6-7-12(8-16(11)18)17(20)15-10-19-9-13-4-2-3-5-14(13)15/h2-10H,1H3. The van der Waals surface area contributed by atoms with Crippen molar-refractivity contribution in [3.8, 4) is 0 Å². The summed E-state index contributed by atoms with van der Waals surface area (Å²) in [6, 6.07) is 13.4. The van der Waals surface area contributed by atoms with Crippen LogP contribution >= 0.6 is 15.9 Å². The normalized spacial score (nSPS) is 10.7. The molecule has 20 heavy (non-hydrogen) atoms. The van der Waals surface area contributed by atoms with E-state index in [1.54, 1.807) is 12.4 Å². The molecular formula is C17H12BrNO. The Labute approximate surface area is 125 Å². The number of carbonyl (C=O) groups is 1. The number of aryl methyl sites for hydroxylation is 1. The number of ketones is 1. The van der Waals surface area contributed by atoms with E-state index < -0.39 is 0 Å². The van der Waals surface area contributed by atoms with Gasteiger partial charge in [-0.05, 0) is 23.9 Å². The van der Waals surface area contributed by atoms with Crippen LogP contribution in [0.15, 0.2) is 59.3 Å². The van der Waals surface area contributed by atoms with Crippen LogP contribution in [0.1, 0.15) is 21.5 Å². The number of pyridine rings is 1. The Morgan fingerprint density at radius 1 is 1.10 bits per heavy atom. The zero-order chi connectivity index (χ0) is 14.1. The molecule has 0 fully saturated rings. The molecule has 0 radical (unpaired) electrons. The summed E-state index contributed by atoms with van der Waals surface area (Å²) in [7, 11) is 0. The first-order valence-electron chi connectivity index (χ1n) is 6.30. The molecule has 0 saturated heterocycles. The molecule has 3 aromatic rings. The predicted molar refractivity (Wildman–Crippen MR) is 84.1 cm³/mol. The number of aromatic nitrogens is 1. The highest BCUT2D eigenvalue weighted by Crippen LogP contribution is 2.23. The first-order chi connectivity index (χ1) is 9.66. The van der Waals surface area contributed by atoms with Crippen LogP contribution in [0.2, 0.25) is 0 Å². The van der Waals surface area contributed by atoms with E-state index in [2.05, 4.69) is 20.9 Å². The van der Waals surface area contributed by atoms with Crippen molar-refractivity contribution in [2.45, 2.75) is 6.92 Å². The highest BCUT2D eigenvalue weighted by molar-refractivity contribution is 9.10. The third-order valence-corrected chi connectivity index (χ3v) is 4.20. The van der Waals surface area contributed by atoms with E-state index in [-0.39, 0.29) is 5.78 Å². The van der Waals surface area contributed by atoms with Crippen molar-refractivity contribution in [2.24, 2.45) is 0 Å². The Morgan fingerprint density at radius 3 is 2.70 bits per heavy atom. The van der Waals surface area contributed by atoms with E-state index in [1.165, 1.54) is 0 Å². The fraction of sp³-hybridized carbons (Fsp3) is 0.0588. The molecule has 2 nitrogen and oxygen atoms in total. The van der Waals surface area contributed by atoms with E-state index in [1.807, 2.05) is 49.4 Å². The van der Waals surface area contributed by atoms with E-state index in [9.17, 15) is 4.79 Å². The highest BCUT2D eigenvalue weighted by Gasteiger charge is 2.13. The maximum Gasteiger partial charge on any atom is 0.195 e. The summed E-state index contributed by atoms with van der Waals surface area (Å²) in [4.78, 5) is 16.8. The van der Waals surface area contributed by atoms with Gasteiger partial charge in [0.25, 0.3) is 0 Å². The molecule has 3 heteroatoms. The molecule has 98 valence electrons. The van der Waals surface area contributed by atoms with Crippen molar-refractivity contribution in [3.05, 3.63) is 76.0 Å². The topological polar surface area (TPSA) is 30.0 Å². The summed E-state index contributed by atoms with van der Waals surface area (Å²) in [5.41, 5.74) is 2.41. The Hall–Kier alpha value is -2.00. The Bertz CT molecular complexity index is 806. The minimum absolute atomic E-state index is 0.00463. The SMILES string of the molecule is Cc1ccc(C(=O)c2cncc3ccccc23)cc1Br. The predicted octanol–water partition coefficient (Wildman–Crippen LogP) is 4.54. The molecule has 2 aromatic carbocycles. The van der Waals surface area contributed by atoms with Gasteiger partial charge in [0.05, 0.1) is 0 Å². The lowest BCUT2D eigenvalue weighted by atomic mass is 9.99. The van der Waals surface area contributed by atoms with Gasteiger partial charge in [-0.15, -0.1) is 0 Å². The number of fused-ring (bicyclic) bond motifs is 1. The fourth-order valence-corrected chi connectivity index (χ4v) is 2.57. The van der Waals surface area contributed by atoms with Gasteiger partial charge >= 0.3 is 0 Å². The summed E-state index contributed by atoms with van der Waals surface area (Å²) in [5, 5.41) is 1.91. The summed E-state index contributed by atoms with van der Waals surface area (Å²) >= 11 is 3.47. The highest BCUT2D eigenvalue weighted by atomic mass is 79.9. The largest absolute Gasteiger partial charge is 0.289 e. The van der Waals surface area contributed by atoms with E-state index in [0.29, 0.717) is 11.1 Å². The molecule has 0 amide bonds. The lowest BCUT2D eigenvalue weighted by Crippen LogP contribution is -2.03. The molecule has 1 heterocycles. The maximum absolute atomic E-state index is 12.7. The maximum atomic E-state index is 12.7. The van der Waals surface area contributed by atoms with Gasteiger partial charge in [-0.2, -0.15) is 0 Å². The molecule has 0 unspecified atom stereocenters. The van der Waals surface area contributed by atoms with Crippen LogP contribution in [0, 0.1) is 6.92 Å². The molecule has 0 aliphatic heterocycles. The third kappa shape index (κ3) is 2.25. The van der Waals surface area contributed by atoms with Crippen LogP contribution in [0.25, 0.3) is 10.8 Å². The van der Waals surface area contributed by atoms with Crippen LogP contribution in [-0.4, -0.2) is 10.8 Å².